The number of hydrogen-bond donors (Lipinski definition) is 2. The molecule has 3 aromatic rings. The molecule has 1 heterocycles. The molecule has 1 atom stereocenters. The van der Waals surface area contributed by atoms with Gasteiger partial charge in [-0.2, -0.15) is 0 Å². The average Bonchev–Trinajstić information content (AvgIpc) is 3.10. The third-order valence-electron chi connectivity index (χ3n) is 4.26. The second-order valence-corrected chi connectivity index (χ2v) is 7.48. The van der Waals surface area contributed by atoms with Gasteiger partial charge < -0.3 is 15.2 Å². The number of nitrogens with zero attached hydrogens (tertiary/aromatic N) is 3. The number of amides is 2. The van der Waals surface area contributed by atoms with Gasteiger partial charge in [0.25, 0.3) is 5.91 Å². The summed E-state index contributed by atoms with van der Waals surface area (Å²) < 4.78 is 41.6. The Balaban J connectivity index is 1.59. The molecule has 0 spiro atoms. The Morgan fingerprint density at radius 1 is 1.06 bits per heavy atom. The molecule has 0 aliphatic rings. The molecule has 0 radical (unpaired) electrons. The highest BCUT2D eigenvalue weighted by atomic mass is 32.2. The molecule has 162 valence electrons. The Labute approximate surface area is 180 Å². The van der Waals surface area contributed by atoms with Crippen LogP contribution in [0.5, 0.6) is 0 Å². The van der Waals surface area contributed by atoms with Crippen LogP contribution < -0.4 is 10.6 Å². The summed E-state index contributed by atoms with van der Waals surface area (Å²) in [6.07, 6.45) is 0. The minimum absolute atomic E-state index is 0.0546. The lowest BCUT2D eigenvalue weighted by Crippen LogP contribution is -2.29. The number of halogens is 3. The van der Waals surface area contributed by atoms with Crippen molar-refractivity contribution in [3.05, 3.63) is 71.3 Å². The first kappa shape index (κ1) is 22.3. The Hall–Kier alpha value is -3.34. The molecule has 0 unspecified atom stereocenters. The van der Waals surface area contributed by atoms with Crippen molar-refractivity contribution in [2.75, 3.05) is 11.1 Å². The maximum atomic E-state index is 13.8. The molecule has 31 heavy (non-hydrogen) atoms. The highest BCUT2D eigenvalue weighted by Gasteiger charge is 2.20. The molecule has 7 nitrogen and oxygen atoms in total. The normalized spacial score (nSPS) is 11.8. The number of benzene rings is 2. The molecule has 2 N–H and O–H groups in total. The molecule has 2 aromatic carbocycles. The van der Waals surface area contributed by atoms with Crippen molar-refractivity contribution in [3.8, 4) is 0 Å². The van der Waals surface area contributed by atoms with Gasteiger partial charge in [-0.05, 0) is 31.2 Å². The molecule has 11 heteroatoms. The number of aromatic nitrogens is 3. The Morgan fingerprint density at radius 3 is 2.52 bits per heavy atom. The summed E-state index contributed by atoms with van der Waals surface area (Å²) in [4.78, 5) is 24.4. The first-order valence-electron chi connectivity index (χ1n) is 9.08. The van der Waals surface area contributed by atoms with E-state index in [4.69, 9.17) is 0 Å². The van der Waals surface area contributed by atoms with Gasteiger partial charge in [-0.15, -0.1) is 10.2 Å². The summed E-state index contributed by atoms with van der Waals surface area (Å²) in [6.45, 7) is 1.67. The van der Waals surface area contributed by atoms with Gasteiger partial charge in [0.2, 0.25) is 5.91 Å². The molecular formula is C20H18F3N5O2S. The highest BCUT2D eigenvalue weighted by Crippen LogP contribution is 2.20. The minimum atomic E-state index is -1.06. The van der Waals surface area contributed by atoms with E-state index < -0.39 is 35.3 Å². The van der Waals surface area contributed by atoms with E-state index in [1.165, 1.54) is 24.3 Å². The predicted octanol–water partition coefficient (Wildman–Crippen LogP) is 3.45. The molecule has 1 aromatic heterocycles. The summed E-state index contributed by atoms with van der Waals surface area (Å²) in [6, 6.07) is 8.11. The van der Waals surface area contributed by atoms with E-state index >= 15 is 0 Å². The molecule has 0 saturated carbocycles. The van der Waals surface area contributed by atoms with Gasteiger partial charge in [0.1, 0.15) is 5.82 Å². The zero-order chi connectivity index (χ0) is 22.5. The first-order chi connectivity index (χ1) is 14.8. The topological polar surface area (TPSA) is 88.9 Å². The van der Waals surface area contributed by atoms with Crippen LogP contribution in [0.1, 0.15) is 29.1 Å². The van der Waals surface area contributed by atoms with Crippen molar-refractivity contribution in [2.45, 2.75) is 18.1 Å². The maximum Gasteiger partial charge on any atom is 0.254 e. The van der Waals surface area contributed by atoms with Crippen molar-refractivity contribution in [2.24, 2.45) is 7.05 Å². The third kappa shape index (κ3) is 5.43. The zero-order valence-electron chi connectivity index (χ0n) is 16.5. The van der Waals surface area contributed by atoms with Crippen LogP contribution in [0, 0.1) is 17.5 Å². The van der Waals surface area contributed by atoms with Gasteiger partial charge in [-0.3, -0.25) is 9.59 Å². The summed E-state index contributed by atoms with van der Waals surface area (Å²) in [5.41, 5.74) is 0.0488. The second kappa shape index (κ2) is 9.65. The average molecular weight is 449 g/mol. The Bertz CT molecular complexity index is 1120. The second-order valence-electron chi connectivity index (χ2n) is 6.54. The van der Waals surface area contributed by atoms with Crippen LogP contribution in [0.25, 0.3) is 0 Å². The van der Waals surface area contributed by atoms with Crippen LogP contribution in [-0.2, 0) is 11.8 Å². The fraction of sp³-hybridized carbons (Fsp3) is 0.200. The van der Waals surface area contributed by atoms with Crippen molar-refractivity contribution >= 4 is 29.3 Å². The number of anilines is 1. The zero-order valence-corrected chi connectivity index (χ0v) is 17.3. The Kier molecular flexibility index (Phi) is 6.95. The molecule has 0 bridgehead atoms. The summed E-state index contributed by atoms with van der Waals surface area (Å²) in [5.74, 6) is -3.37. The summed E-state index contributed by atoms with van der Waals surface area (Å²) in [5, 5.41) is 13.6. The van der Waals surface area contributed by atoms with Gasteiger partial charge in [-0.25, -0.2) is 13.2 Å². The van der Waals surface area contributed by atoms with Crippen LogP contribution in [0.3, 0.4) is 0 Å². The van der Waals surface area contributed by atoms with E-state index in [9.17, 15) is 22.8 Å². The largest absolute Gasteiger partial charge is 0.342 e. The van der Waals surface area contributed by atoms with Gasteiger partial charge >= 0.3 is 0 Å². The molecule has 0 aliphatic heterocycles. The SMILES string of the molecule is C[C@@H](NC(=O)c1ccccc1F)c1nnc(SCC(=O)Nc2ccc(F)c(F)c2)n1C. The lowest BCUT2D eigenvalue weighted by molar-refractivity contribution is -0.113. The number of carbonyl (C=O) groups excluding carboxylic acids is 2. The third-order valence-corrected chi connectivity index (χ3v) is 5.28. The van der Waals surface area contributed by atoms with Crippen LogP contribution in [0.15, 0.2) is 47.6 Å². The van der Waals surface area contributed by atoms with E-state index in [2.05, 4.69) is 20.8 Å². The number of rotatable bonds is 7. The first-order valence-corrected chi connectivity index (χ1v) is 10.1. The van der Waals surface area contributed by atoms with Gasteiger partial charge in [0, 0.05) is 18.8 Å². The Morgan fingerprint density at radius 2 is 1.81 bits per heavy atom. The predicted molar refractivity (Wildman–Crippen MR) is 109 cm³/mol. The highest BCUT2D eigenvalue weighted by molar-refractivity contribution is 7.99. The van der Waals surface area contributed by atoms with Gasteiger partial charge in [0.05, 0.1) is 17.4 Å². The molecule has 3 rings (SSSR count). The van der Waals surface area contributed by atoms with E-state index in [-0.39, 0.29) is 17.0 Å². The van der Waals surface area contributed by atoms with Crippen LogP contribution in [0.4, 0.5) is 18.9 Å². The van der Waals surface area contributed by atoms with Crippen LogP contribution in [0.2, 0.25) is 0 Å². The van der Waals surface area contributed by atoms with Gasteiger partial charge in [0.15, 0.2) is 22.6 Å². The molecular weight excluding hydrogens is 431 g/mol. The monoisotopic (exact) mass is 449 g/mol. The van der Waals surface area contributed by atoms with Crippen molar-refractivity contribution < 1.29 is 22.8 Å². The van der Waals surface area contributed by atoms with Gasteiger partial charge in [-0.1, -0.05) is 23.9 Å². The molecule has 2 amide bonds. The fourth-order valence-corrected chi connectivity index (χ4v) is 3.43. The lowest BCUT2D eigenvalue weighted by Gasteiger charge is -2.14. The van der Waals surface area contributed by atoms with Crippen LogP contribution >= 0.6 is 11.8 Å². The van der Waals surface area contributed by atoms with E-state index in [1.807, 2.05) is 0 Å². The summed E-state index contributed by atoms with van der Waals surface area (Å²) in [7, 11) is 1.66. The number of hydrogen-bond acceptors (Lipinski definition) is 5. The molecule has 0 aliphatic carbocycles. The lowest BCUT2D eigenvalue weighted by atomic mass is 10.2. The van der Waals surface area contributed by atoms with Crippen molar-refractivity contribution in [1.82, 2.24) is 20.1 Å². The van der Waals surface area contributed by atoms with E-state index in [0.717, 1.165) is 23.9 Å². The molecule has 0 saturated heterocycles. The van der Waals surface area contributed by atoms with E-state index in [1.54, 1.807) is 24.6 Å². The quantitative estimate of drug-likeness (QED) is 0.540. The van der Waals surface area contributed by atoms with Crippen molar-refractivity contribution in [3.63, 3.8) is 0 Å². The number of carbonyl (C=O) groups is 2. The maximum absolute atomic E-state index is 13.8. The van der Waals surface area contributed by atoms with Crippen molar-refractivity contribution in [1.29, 1.82) is 0 Å². The summed E-state index contributed by atoms with van der Waals surface area (Å²) >= 11 is 1.07. The standard InChI is InChI=1S/C20H18F3N5O2S/c1-11(24-19(30)13-5-3-4-6-14(13)21)18-26-27-20(28(18)2)31-10-17(29)25-12-7-8-15(22)16(23)9-12/h3-9,11H,10H2,1-2H3,(H,24,30)(H,25,29)/t11-/m1/s1. The fourth-order valence-electron chi connectivity index (χ4n) is 2.71. The minimum Gasteiger partial charge on any atom is -0.342 e. The smallest absolute Gasteiger partial charge is 0.254 e. The number of thioether (sulfide) groups is 1. The van der Waals surface area contributed by atoms with Crippen LogP contribution in [-0.4, -0.2) is 32.3 Å². The number of nitrogens with one attached hydrogen (secondary N) is 2. The van der Waals surface area contributed by atoms with E-state index in [0.29, 0.717) is 11.0 Å². The molecule has 0 fully saturated rings.